The third-order valence-corrected chi connectivity index (χ3v) is 4.65. The van der Waals surface area contributed by atoms with Gasteiger partial charge >= 0.3 is 0 Å². The number of hydrogen-bond acceptors (Lipinski definition) is 3. The van der Waals surface area contributed by atoms with Crippen molar-refractivity contribution in [3.63, 3.8) is 0 Å². The van der Waals surface area contributed by atoms with E-state index in [2.05, 4.69) is 36.5 Å². The molecule has 1 aromatic rings. The maximum Gasteiger partial charge on any atom is 0.148 e. The summed E-state index contributed by atoms with van der Waals surface area (Å²) in [5, 5.41) is 3.49. The van der Waals surface area contributed by atoms with Gasteiger partial charge in [-0.25, -0.2) is 8.42 Å². The predicted octanol–water partition coefficient (Wildman–Crippen LogP) is 2.47. The van der Waals surface area contributed by atoms with E-state index in [1.807, 2.05) is 6.92 Å². The van der Waals surface area contributed by atoms with Crippen LogP contribution in [0.3, 0.4) is 0 Å². The normalized spacial score (nSPS) is 19.1. The maximum atomic E-state index is 11.3. The predicted molar refractivity (Wildman–Crippen MR) is 79.0 cm³/mol. The molecule has 1 saturated carbocycles. The Balaban J connectivity index is 2.06. The molecule has 4 heteroatoms. The molecule has 106 valence electrons. The third-order valence-electron chi connectivity index (χ3n) is 3.55. The first-order chi connectivity index (χ1) is 8.85. The highest BCUT2D eigenvalue weighted by molar-refractivity contribution is 7.90. The first-order valence-electron chi connectivity index (χ1n) is 6.85. The van der Waals surface area contributed by atoms with Gasteiger partial charge in [0.05, 0.1) is 5.75 Å². The van der Waals surface area contributed by atoms with Crippen molar-refractivity contribution in [1.82, 2.24) is 5.32 Å². The standard InChI is InChI=1S/C15H23NO2S/c1-11-4-6-13(7-5-11)15(14-8-9-14)16-12(2)10-19(3,17)18/h4-7,12,14-16H,8-10H2,1-3H3. The van der Waals surface area contributed by atoms with Gasteiger partial charge in [0.1, 0.15) is 9.84 Å². The molecule has 0 spiro atoms. The molecule has 0 bridgehead atoms. The van der Waals surface area contributed by atoms with Crippen LogP contribution in [0.25, 0.3) is 0 Å². The number of nitrogens with one attached hydrogen (secondary N) is 1. The second-order valence-corrected chi connectivity index (χ2v) is 8.07. The first kappa shape index (κ1) is 14.5. The molecule has 1 N–H and O–H groups in total. The molecule has 1 fully saturated rings. The summed E-state index contributed by atoms with van der Waals surface area (Å²) in [6, 6.07) is 8.82. The molecule has 0 heterocycles. The Morgan fingerprint density at radius 2 is 1.84 bits per heavy atom. The summed E-state index contributed by atoms with van der Waals surface area (Å²) >= 11 is 0. The second kappa shape index (κ2) is 5.63. The maximum absolute atomic E-state index is 11.3. The van der Waals surface area contributed by atoms with Gasteiger partial charge in [0, 0.05) is 18.3 Å². The van der Waals surface area contributed by atoms with Crippen LogP contribution in [0.4, 0.5) is 0 Å². The summed E-state index contributed by atoms with van der Waals surface area (Å²) in [5.41, 5.74) is 2.52. The zero-order valence-corrected chi connectivity index (χ0v) is 12.7. The van der Waals surface area contributed by atoms with Gasteiger partial charge in [-0.15, -0.1) is 0 Å². The van der Waals surface area contributed by atoms with Crippen LogP contribution in [-0.2, 0) is 9.84 Å². The highest BCUT2D eigenvalue weighted by Crippen LogP contribution is 2.41. The lowest BCUT2D eigenvalue weighted by molar-refractivity contribution is 0.435. The second-order valence-electron chi connectivity index (χ2n) is 5.89. The Labute approximate surface area is 116 Å². The van der Waals surface area contributed by atoms with Crippen molar-refractivity contribution >= 4 is 9.84 Å². The van der Waals surface area contributed by atoms with Gasteiger partial charge in [0.2, 0.25) is 0 Å². The van der Waals surface area contributed by atoms with Crippen molar-refractivity contribution in [2.45, 2.75) is 38.8 Å². The van der Waals surface area contributed by atoms with Gasteiger partial charge in [0.15, 0.2) is 0 Å². The molecule has 3 nitrogen and oxygen atoms in total. The smallest absolute Gasteiger partial charge is 0.148 e. The summed E-state index contributed by atoms with van der Waals surface area (Å²) in [7, 11) is -2.93. The zero-order chi connectivity index (χ0) is 14.0. The lowest BCUT2D eigenvalue weighted by Gasteiger charge is -2.23. The lowest BCUT2D eigenvalue weighted by atomic mass is 10.0. The van der Waals surface area contributed by atoms with Crippen LogP contribution in [0.15, 0.2) is 24.3 Å². The Morgan fingerprint density at radius 3 is 2.32 bits per heavy atom. The summed E-state index contributed by atoms with van der Waals surface area (Å²) in [4.78, 5) is 0. The fraction of sp³-hybridized carbons (Fsp3) is 0.600. The van der Waals surface area contributed by atoms with E-state index in [1.165, 1.54) is 30.2 Å². The topological polar surface area (TPSA) is 46.2 Å². The van der Waals surface area contributed by atoms with Gasteiger partial charge < -0.3 is 5.32 Å². The van der Waals surface area contributed by atoms with E-state index in [9.17, 15) is 8.42 Å². The summed E-state index contributed by atoms with van der Waals surface area (Å²) < 4.78 is 22.7. The Hall–Kier alpha value is -0.870. The Morgan fingerprint density at radius 1 is 1.26 bits per heavy atom. The van der Waals surface area contributed by atoms with Crippen molar-refractivity contribution in [1.29, 1.82) is 0 Å². The van der Waals surface area contributed by atoms with Crippen molar-refractivity contribution in [2.24, 2.45) is 5.92 Å². The van der Waals surface area contributed by atoms with Crippen molar-refractivity contribution in [3.8, 4) is 0 Å². The molecule has 0 amide bonds. The number of hydrogen-bond donors (Lipinski definition) is 1. The molecule has 1 aliphatic carbocycles. The minimum absolute atomic E-state index is 0.0121. The SMILES string of the molecule is Cc1ccc(C(NC(C)CS(C)(=O)=O)C2CC2)cc1. The fourth-order valence-electron chi connectivity index (χ4n) is 2.52. The van der Waals surface area contributed by atoms with Crippen LogP contribution in [-0.4, -0.2) is 26.5 Å². The molecular formula is C15H23NO2S. The van der Waals surface area contributed by atoms with Gasteiger partial charge in [-0.05, 0) is 38.2 Å². The van der Waals surface area contributed by atoms with E-state index in [-0.39, 0.29) is 17.8 Å². The summed E-state index contributed by atoms with van der Waals surface area (Å²) in [5.74, 6) is 0.854. The average molecular weight is 281 g/mol. The number of sulfone groups is 1. The number of aryl methyl sites for hydroxylation is 1. The van der Waals surface area contributed by atoms with Gasteiger partial charge in [0.25, 0.3) is 0 Å². The Kier molecular flexibility index (Phi) is 4.31. The van der Waals surface area contributed by atoms with Crippen molar-refractivity contribution < 1.29 is 8.42 Å². The molecule has 2 atom stereocenters. The number of benzene rings is 1. The quantitative estimate of drug-likeness (QED) is 0.871. The molecule has 2 rings (SSSR count). The first-order valence-corrected chi connectivity index (χ1v) is 8.91. The van der Waals surface area contributed by atoms with Gasteiger partial charge in [-0.1, -0.05) is 29.8 Å². The molecule has 1 aromatic carbocycles. The van der Waals surface area contributed by atoms with Crippen LogP contribution in [0.5, 0.6) is 0 Å². The lowest BCUT2D eigenvalue weighted by Crippen LogP contribution is -2.36. The van der Waals surface area contributed by atoms with E-state index >= 15 is 0 Å². The molecule has 2 unspecified atom stereocenters. The summed E-state index contributed by atoms with van der Waals surface area (Å²) in [6.07, 6.45) is 3.76. The van der Waals surface area contributed by atoms with Crippen molar-refractivity contribution in [2.75, 3.05) is 12.0 Å². The van der Waals surface area contributed by atoms with Crippen molar-refractivity contribution in [3.05, 3.63) is 35.4 Å². The van der Waals surface area contributed by atoms with Crippen LogP contribution < -0.4 is 5.32 Å². The molecule has 0 aromatic heterocycles. The monoisotopic (exact) mass is 281 g/mol. The van der Waals surface area contributed by atoms with E-state index in [1.54, 1.807) is 0 Å². The molecular weight excluding hydrogens is 258 g/mol. The fourth-order valence-corrected chi connectivity index (χ4v) is 3.52. The third kappa shape index (κ3) is 4.62. The highest BCUT2D eigenvalue weighted by Gasteiger charge is 2.33. The Bertz CT molecular complexity index is 518. The van der Waals surface area contributed by atoms with E-state index in [0.717, 1.165) is 0 Å². The van der Waals surface area contributed by atoms with Crippen LogP contribution >= 0.6 is 0 Å². The molecule has 1 aliphatic rings. The van der Waals surface area contributed by atoms with Crippen LogP contribution in [0.2, 0.25) is 0 Å². The molecule has 0 aliphatic heterocycles. The largest absolute Gasteiger partial charge is 0.306 e. The average Bonchev–Trinajstić information content (AvgIpc) is 3.08. The molecule has 0 saturated heterocycles. The summed E-state index contributed by atoms with van der Waals surface area (Å²) in [6.45, 7) is 4.03. The minimum Gasteiger partial charge on any atom is -0.306 e. The number of rotatable bonds is 6. The minimum atomic E-state index is -2.93. The van der Waals surface area contributed by atoms with E-state index < -0.39 is 9.84 Å². The van der Waals surface area contributed by atoms with E-state index in [0.29, 0.717) is 5.92 Å². The van der Waals surface area contributed by atoms with Crippen LogP contribution in [0, 0.1) is 12.8 Å². The van der Waals surface area contributed by atoms with Gasteiger partial charge in [-0.2, -0.15) is 0 Å². The van der Waals surface area contributed by atoms with E-state index in [4.69, 9.17) is 0 Å². The van der Waals surface area contributed by atoms with Crippen LogP contribution in [0.1, 0.15) is 36.9 Å². The molecule has 0 radical (unpaired) electrons. The highest BCUT2D eigenvalue weighted by atomic mass is 32.2. The van der Waals surface area contributed by atoms with Gasteiger partial charge in [-0.3, -0.25) is 0 Å². The zero-order valence-electron chi connectivity index (χ0n) is 11.9. The molecule has 19 heavy (non-hydrogen) atoms.